The Morgan fingerprint density at radius 2 is 2.46 bits per heavy atom. The summed E-state index contributed by atoms with van der Waals surface area (Å²) < 4.78 is 1.82. The molecule has 13 heavy (non-hydrogen) atoms. The fourth-order valence-electron chi connectivity index (χ4n) is 1.18. The molecule has 2 aromatic rings. The first-order valence-electron chi connectivity index (χ1n) is 3.94. The van der Waals surface area contributed by atoms with Crippen LogP contribution in [0, 0.1) is 0 Å². The molecule has 2 nitrogen and oxygen atoms in total. The molecule has 0 bridgehead atoms. The van der Waals surface area contributed by atoms with Crippen LogP contribution < -0.4 is 0 Å². The van der Waals surface area contributed by atoms with Crippen LogP contribution in [0.25, 0.3) is 10.6 Å². The zero-order chi connectivity index (χ0) is 9.26. The van der Waals surface area contributed by atoms with Crippen LogP contribution in [0.3, 0.4) is 0 Å². The van der Waals surface area contributed by atoms with E-state index in [0.29, 0.717) is 5.88 Å². The zero-order valence-corrected chi connectivity index (χ0v) is 8.77. The van der Waals surface area contributed by atoms with Crippen LogP contribution >= 0.6 is 22.9 Å². The summed E-state index contributed by atoms with van der Waals surface area (Å²) in [5.41, 5.74) is 2.05. The fraction of sp³-hybridized carbons (Fsp3) is 0.222. The average molecular weight is 213 g/mol. The van der Waals surface area contributed by atoms with Gasteiger partial charge in [-0.05, 0) is 17.5 Å². The van der Waals surface area contributed by atoms with Gasteiger partial charge >= 0.3 is 0 Å². The van der Waals surface area contributed by atoms with Gasteiger partial charge in [-0.3, -0.25) is 4.68 Å². The molecule has 0 aliphatic carbocycles. The quantitative estimate of drug-likeness (QED) is 0.700. The number of rotatable bonds is 2. The Hall–Kier alpha value is -0.800. The van der Waals surface area contributed by atoms with Gasteiger partial charge in [0.25, 0.3) is 0 Å². The number of halogens is 1. The second-order valence-corrected chi connectivity index (χ2v) is 3.97. The highest BCUT2D eigenvalue weighted by atomic mass is 35.5. The molecule has 0 spiro atoms. The molecule has 0 radical (unpaired) electrons. The van der Waals surface area contributed by atoms with Crippen molar-refractivity contribution in [1.82, 2.24) is 9.78 Å². The van der Waals surface area contributed by atoms with Crippen molar-refractivity contribution < 1.29 is 0 Å². The van der Waals surface area contributed by atoms with Gasteiger partial charge in [-0.25, -0.2) is 0 Å². The van der Waals surface area contributed by atoms with Gasteiger partial charge in [0.1, 0.15) is 5.69 Å². The minimum atomic E-state index is 0.509. The molecular formula is C9H9ClN2S. The van der Waals surface area contributed by atoms with Crippen molar-refractivity contribution in [2.75, 3.05) is 0 Å². The zero-order valence-electron chi connectivity index (χ0n) is 7.20. The topological polar surface area (TPSA) is 17.8 Å². The van der Waals surface area contributed by atoms with Crippen molar-refractivity contribution in [2.45, 2.75) is 5.88 Å². The minimum absolute atomic E-state index is 0.509. The smallest absolute Gasteiger partial charge is 0.103 e. The predicted octanol–water partition coefficient (Wildman–Crippen LogP) is 2.89. The summed E-state index contributed by atoms with van der Waals surface area (Å²) in [5.74, 6) is 0.509. The number of alkyl halides is 1. The van der Waals surface area contributed by atoms with Crippen LogP contribution in [-0.2, 0) is 12.9 Å². The molecule has 2 heterocycles. The van der Waals surface area contributed by atoms with E-state index in [9.17, 15) is 0 Å². The highest BCUT2D eigenvalue weighted by Gasteiger charge is 2.06. The lowest BCUT2D eigenvalue weighted by molar-refractivity contribution is 0.738. The predicted molar refractivity (Wildman–Crippen MR) is 56.1 cm³/mol. The highest BCUT2D eigenvalue weighted by Crippen LogP contribution is 2.24. The summed E-state index contributed by atoms with van der Waals surface area (Å²) in [7, 11) is 1.91. The molecular weight excluding hydrogens is 204 g/mol. The van der Waals surface area contributed by atoms with Crippen molar-refractivity contribution in [2.24, 2.45) is 7.05 Å². The van der Waals surface area contributed by atoms with E-state index >= 15 is 0 Å². The minimum Gasteiger partial charge on any atom is -0.271 e. The Balaban J connectivity index is 2.43. The molecule has 0 aliphatic heterocycles. The van der Waals surface area contributed by atoms with Gasteiger partial charge in [-0.2, -0.15) is 5.10 Å². The number of thiophene rings is 1. The van der Waals surface area contributed by atoms with E-state index in [1.54, 1.807) is 11.3 Å². The van der Waals surface area contributed by atoms with Crippen molar-refractivity contribution >= 4 is 22.9 Å². The van der Waals surface area contributed by atoms with Gasteiger partial charge in [0.15, 0.2) is 0 Å². The maximum absolute atomic E-state index is 5.75. The molecule has 0 saturated carbocycles. The van der Waals surface area contributed by atoms with Gasteiger partial charge in [0.2, 0.25) is 0 Å². The lowest BCUT2D eigenvalue weighted by atomic mass is 10.3. The first-order chi connectivity index (χ1) is 6.31. The molecule has 0 aliphatic rings. The van der Waals surface area contributed by atoms with E-state index in [0.717, 1.165) is 11.4 Å². The largest absolute Gasteiger partial charge is 0.271 e. The molecule has 4 heteroatoms. The maximum atomic E-state index is 5.75. The third kappa shape index (κ3) is 1.62. The third-order valence-electron chi connectivity index (χ3n) is 1.89. The number of nitrogens with zero attached hydrogens (tertiary/aromatic N) is 2. The van der Waals surface area contributed by atoms with Gasteiger partial charge in [-0.1, -0.05) is 6.07 Å². The summed E-state index contributed by atoms with van der Waals surface area (Å²) in [4.78, 5) is 1.19. The van der Waals surface area contributed by atoms with Gasteiger partial charge < -0.3 is 0 Å². The molecule has 0 N–H and O–H groups in total. The summed E-state index contributed by atoms with van der Waals surface area (Å²) in [6.07, 6.45) is 0. The summed E-state index contributed by atoms with van der Waals surface area (Å²) >= 11 is 7.44. The molecule has 0 unspecified atom stereocenters. The SMILES string of the molecule is Cn1nc(-c2cccs2)cc1CCl. The lowest BCUT2D eigenvalue weighted by Gasteiger charge is -1.91. The Morgan fingerprint density at radius 1 is 1.62 bits per heavy atom. The van der Waals surface area contributed by atoms with Crippen molar-refractivity contribution in [3.8, 4) is 10.6 Å². The Bertz CT molecular complexity index is 392. The van der Waals surface area contributed by atoms with Gasteiger partial charge in [0.05, 0.1) is 16.5 Å². The monoisotopic (exact) mass is 212 g/mol. The van der Waals surface area contributed by atoms with Crippen LogP contribution in [0.2, 0.25) is 0 Å². The third-order valence-corrected chi connectivity index (χ3v) is 3.05. The van der Waals surface area contributed by atoms with E-state index in [-0.39, 0.29) is 0 Å². The molecule has 68 valence electrons. The van der Waals surface area contributed by atoms with E-state index < -0.39 is 0 Å². The highest BCUT2D eigenvalue weighted by molar-refractivity contribution is 7.13. The Kier molecular flexibility index (Phi) is 2.38. The fourth-order valence-corrected chi connectivity index (χ4v) is 2.11. The van der Waals surface area contributed by atoms with Crippen LogP contribution in [0.1, 0.15) is 5.69 Å². The van der Waals surface area contributed by atoms with Gasteiger partial charge in [0, 0.05) is 7.05 Å². The number of hydrogen-bond donors (Lipinski definition) is 0. The maximum Gasteiger partial charge on any atom is 0.103 e. The molecule has 0 saturated heterocycles. The number of aryl methyl sites for hydroxylation is 1. The first-order valence-corrected chi connectivity index (χ1v) is 5.35. The molecule has 2 rings (SSSR count). The lowest BCUT2D eigenvalue weighted by Crippen LogP contribution is -1.94. The van der Waals surface area contributed by atoms with Gasteiger partial charge in [-0.15, -0.1) is 22.9 Å². The normalized spacial score (nSPS) is 10.6. The van der Waals surface area contributed by atoms with Crippen molar-refractivity contribution in [3.05, 3.63) is 29.3 Å². The Labute approximate surface area is 85.8 Å². The second-order valence-electron chi connectivity index (χ2n) is 2.76. The van der Waals surface area contributed by atoms with Crippen LogP contribution in [-0.4, -0.2) is 9.78 Å². The second kappa shape index (κ2) is 3.52. The standard InChI is InChI=1S/C9H9ClN2S/c1-12-7(6-10)5-8(11-12)9-3-2-4-13-9/h2-5H,6H2,1H3. The van der Waals surface area contributed by atoms with E-state index in [2.05, 4.69) is 11.2 Å². The molecule has 0 amide bonds. The summed E-state index contributed by atoms with van der Waals surface area (Å²) in [6, 6.07) is 6.11. The molecule has 0 fully saturated rings. The molecule has 0 aromatic carbocycles. The van der Waals surface area contributed by atoms with E-state index in [4.69, 9.17) is 11.6 Å². The van der Waals surface area contributed by atoms with Crippen molar-refractivity contribution in [3.63, 3.8) is 0 Å². The summed E-state index contributed by atoms with van der Waals surface area (Å²) in [5, 5.41) is 6.41. The van der Waals surface area contributed by atoms with E-state index in [1.165, 1.54) is 4.88 Å². The van der Waals surface area contributed by atoms with Crippen molar-refractivity contribution in [1.29, 1.82) is 0 Å². The van der Waals surface area contributed by atoms with E-state index in [1.807, 2.05) is 29.2 Å². The number of hydrogen-bond acceptors (Lipinski definition) is 2. The molecule has 0 atom stereocenters. The average Bonchev–Trinajstić information content (AvgIpc) is 2.71. The molecule has 2 aromatic heterocycles. The van der Waals surface area contributed by atoms with Crippen LogP contribution in [0.5, 0.6) is 0 Å². The Morgan fingerprint density at radius 3 is 3.00 bits per heavy atom. The summed E-state index contributed by atoms with van der Waals surface area (Å²) in [6.45, 7) is 0. The van der Waals surface area contributed by atoms with Crippen LogP contribution in [0.4, 0.5) is 0 Å². The number of aromatic nitrogens is 2. The van der Waals surface area contributed by atoms with Crippen LogP contribution in [0.15, 0.2) is 23.6 Å². The first kappa shape index (κ1) is 8.78.